The van der Waals surface area contributed by atoms with Crippen molar-refractivity contribution < 1.29 is 9.59 Å². The van der Waals surface area contributed by atoms with Gasteiger partial charge in [-0.3, -0.25) is 9.59 Å². The van der Waals surface area contributed by atoms with E-state index < -0.39 is 0 Å². The zero-order valence-corrected chi connectivity index (χ0v) is 13.8. The Labute approximate surface area is 142 Å². The van der Waals surface area contributed by atoms with E-state index in [0.29, 0.717) is 11.3 Å². The zero-order valence-electron chi connectivity index (χ0n) is 13.8. The molecular formula is C20H22N2O2. The van der Waals surface area contributed by atoms with Gasteiger partial charge in [0.1, 0.15) is 0 Å². The normalized spacial score (nSPS) is 13.4. The third kappa shape index (κ3) is 4.02. The molecule has 3 rings (SSSR count). The quantitative estimate of drug-likeness (QED) is 0.835. The highest BCUT2D eigenvalue weighted by Crippen LogP contribution is 2.30. The second kappa shape index (κ2) is 7.30. The molecule has 0 atom stereocenters. The molecule has 2 amide bonds. The maximum Gasteiger partial charge on any atom is 0.255 e. The van der Waals surface area contributed by atoms with Gasteiger partial charge in [-0.15, -0.1) is 0 Å². The SMILES string of the molecule is CCCc1ccccc1NC(=O)c1cccc(NC(=O)C2CC2)c1. The van der Waals surface area contributed by atoms with E-state index in [4.69, 9.17) is 0 Å². The van der Waals surface area contributed by atoms with Crippen LogP contribution in [0.4, 0.5) is 11.4 Å². The lowest BCUT2D eigenvalue weighted by Crippen LogP contribution is -2.16. The van der Waals surface area contributed by atoms with E-state index in [2.05, 4.69) is 17.6 Å². The largest absolute Gasteiger partial charge is 0.326 e. The third-order valence-electron chi connectivity index (χ3n) is 4.13. The second-order valence-electron chi connectivity index (χ2n) is 6.21. The van der Waals surface area contributed by atoms with Crippen molar-refractivity contribution in [3.05, 3.63) is 59.7 Å². The highest BCUT2D eigenvalue weighted by molar-refractivity contribution is 6.05. The Morgan fingerprint density at radius 3 is 2.58 bits per heavy atom. The fourth-order valence-electron chi connectivity index (χ4n) is 2.65. The molecule has 0 heterocycles. The molecule has 2 N–H and O–H groups in total. The van der Waals surface area contributed by atoms with Crippen LogP contribution in [0.1, 0.15) is 42.1 Å². The van der Waals surface area contributed by atoms with Crippen LogP contribution in [0.15, 0.2) is 48.5 Å². The van der Waals surface area contributed by atoms with Crippen LogP contribution in [0, 0.1) is 5.92 Å². The maximum atomic E-state index is 12.5. The molecule has 24 heavy (non-hydrogen) atoms. The minimum atomic E-state index is -0.166. The summed E-state index contributed by atoms with van der Waals surface area (Å²) in [6, 6.07) is 14.9. The Balaban J connectivity index is 1.72. The van der Waals surface area contributed by atoms with Crippen LogP contribution >= 0.6 is 0 Å². The molecule has 1 saturated carbocycles. The first-order chi connectivity index (χ1) is 11.7. The molecule has 124 valence electrons. The molecular weight excluding hydrogens is 300 g/mol. The number of rotatable bonds is 6. The summed E-state index contributed by atoms with van der Waals surface area (Å²) in [7, 11) is 0. The summed E-state index contributed by atoms with van der Waals surface area (Å²) in [6.07, 6.45) is 3.87. The lowest BCUT2D eigenvalue weighted by molar-refractivity contribution is -0.117. The van der Waals surface area contributed by atoms with E-state index in [0.717, 1.165) is 36.9 Å². The average molecular weight is 322 g/mol. The summed E-state index contributed by atoms with van der Waals surface area (Å²) < 4.78 is 0. The van der Waals surface area contributed by atoms with Crippen molar-refractivity contribution in [2.45, 2.75) is 32.6 Å². The molecule has 4 nitrogen and oxygen atoms in total. The summed E-state index contributed by atoms with van der Waals surface area (Å²) in [5, 5.41) is 5.85. The van der Waals surface area contributed by atoms with Gasteiger partial charge in [0, 0.05) is 22.9 Å². The van der Waals surface area contributed by atoms with Crippen LogP contribution in [-0.4, -0.2) is 11.8 Å². The molecule has 0 aliphatic heterocycles. The molecule has 0 bridgehead atoms. The first kappa shape index (κ1) is 16.2. The van der Waals surface area contributed by atoms with E-state index in [1.807, 2.05) is 30.3 Å². The maximum absolute atomic E-state index is 12.5. The van der Waals surface area contributed by atoms with Gasteiger partial charge in [-0.05, 0) is 49.1 Å². The average Bonchev–Trinajstić information content (AvgIpc) is 3.42. The van der Waals surface area contributed by atoms with Gasteiger partial charge in [0.15, 0.2) is 0 Å². The summed E-state index contributed by atoms with van der Waals surface area (Å²) in [5.41, 5.74) is 3.18. The number of carbonyl (C=O) groups excluding carboxylic acids is 2. The monoisotopic (exact) mass is 322 g/mol. The predicted octanol–water partition coefficient (Wildman–Crippen LogP) is 4.24. The predicted molar refractivity (Wildman–Crippen MR) is 96.2 cm³/mol. The number of anilines is 2. The molecule has 0 spiro atoms. The molecule has 0 saturated heterocycles. The molecule has 1 aliphatic rings. The minimum Gasteiger partial charge on any atom is -0.326 e. The van der Waals surface area contributed by atoms with E-state index >= 15 is 0 Å². The van der Waals surface area contributed by atoms with Crippen molar-refractivity contribution in [1.29, 1.82) is 0 Å². The van der Waals surface area contributed by atoms with Crippen LogP contribution in [0.25, 0.3) is 0 Å². The molecule has 0 aromatic heterocycles. The molecule has 1 fully saturated rings. The van der Waals surface area contributed by atoms with Crippen molar-refractivity contribution in [1.82, 2.24) is 0 Å². The number of amides is 2. The molecule has 2 aromatic rings. The zero-order chi connectivity index (χ0) is 16.9. The summed E-state index contributed by atoms with van der Waals surface area (Å²) >= 11 is 0. The number of para-hydroxylation sites is 1. The lowest BCUT2D eigenvalue weighted by Gasteiger charge is -2.11. The number of hydrogen-bond donors (Lipinski definition) is 2. The summed E-state index contributed by atoms with van der Waals surface area (Å²) in [6.45, 7) is 2.12. The van der Waals surface area contributed by atoms with Gasteiger partial charge in [-0.2, -0.15) is 0 Å². The van der Waals surface area contributed by atoms with Crippen LogP contribution in [0.2, 0.25) is 0 Å². The van der Waals surface area contributed by atoms with E-state index in [1.165, 1.54) is 0 Å². The van der Waals surface area contributed by atoms with Crippen molar-refractivity contribution in [3.8, 4) is 0 Å². The van der Waals surface area contributed by atoms with Gasteiger partial charge < -0.3 is 10.6 Å². The molecule has 2 aromatic carbocycles. The van der Waals surface area contributed by atoms with E-state index in [-0.39, 0.29) is 17.7 Å². The van der Waals surface area contributed by atoms with Gasteiger partial charge in [-0.25, -0.2) is 0 Å². The number of benzene rings is 2. The standard InChI is InChI=1S/C20H22N2O2/c1-2-6-14-7-3-4-10-18(14)22-20(24)16-8-5-9-17(13-16)21-19(23)15-11-12-15/h3-5,7-10,13,15H,2,6,11-12H2,1H3,(H,21,23)(H,22,24). The minimum absolute atomic E-state index is 0.0425. The summed E-state index contributed by atoms with van der Waals surface area (Å²) in [4.78, 5) is 24.4. The Morgan fingerprint density at radius 2 is 1.83 bits per heavy atom. The van der Waals surface area contributed by atoms with Gasteiger partial charge in [-0.1, -0.05) is 37.6 Å². The number of hydrogen-bond acceptors (Lipinski definition) is 2. The van der Waals surface area contributed by atoms with E-state index in [1.54, 1.807) is 18.2 Å². The second-order valence-corrected chi connectivity index (χ2v) is 6.21. The van der Waals surface area contributed by atoms with Crippen LogP contribution in [0.5, 0.6) is 0 Å². The van der Waals surface area contributed by atoms with Crippen molar-refractivity contribution in [2.75, 3.05) is 10.6 Å². The first-order valence-electron chi connectivity index (χ1n) is 8.47. The Morgan fingerprint density at radius 1 is 1.04 bits per heavy atom. The van der Waals surface area contributed by atoms with Crippen molar-refractivity contribution in [3.63, 3.8) is 0 Å². The fourth-order valence-corrected chi connectivity index (χ4v) is 2.65. The summed E-state index contributed by atoms with van der Waals surface area (Å²) in [5.74, 6) is 0.0188. The van der Waals surface area contributed by atoms with Gasteiger partial charge in [0.2, 0.25) is 5.91 Å². The highest BCUT2D eigenvalue weighted by atomic mass is 16.2. The Bertz CT molecular complexity index is 751. The van der Waals surface area contributed by atoms with Gasteiger partial charge in [0.25, 0.3) is 5.91 Å². The van der Waals surface area contributed by atoms with Gasteiger partial charge >= 0.3 is 0 Å². The molecule has 0 unspecified atom stereocenters. The van der Waals surface area contributed by atoms with Crippen molar-refractivity contribution >= 4 is 23.2 Å². The first-order valence-corrected chi connectivity index (χ1v) is 8.47. The molecule has 1 aliphatic carbocycles. The Kier molecular flexibility index (Phi) is 4.94. The smallest absolute Gasteiger partial charge is 0.255 e. The van der Waals surface area contributed by atoms with E-state index in [9.17, 15) is 9.59 Å². The van der Waals surface area contributed by atoms with Gasteiger partial charge in [0.05, 0.1) is 0 Å². The molecule has 0 radical (unpaired) electrons. The number of carbonyl (C=O) groups is 2. The van der Waals surface area contributed by atoms with Crippen molar-refractivity contribution in [2.24, 2.45) is 5.92 Å². The molecule has 4 heteroatoms. The van der Waals surface area contributed by atoms with Crippen LogP contribution in [-0.2, 0) is 11.2 Å². The lowest BCUT2D eigenvalue weighted by atomic mass is 10.1. The highest BCUT2D eigenvalue weighted by Gasteiger charge is 2.29. The van der Waals surface area contributed by atoms with Crippen LogP contribution < -0.4 is 10.6 Å². The van der Waals surface area contributed by atoms with Crippen LogP contribution in [0.3, 0.4) is 0 Å². The topological polar surface area (TPSA) is 58.2 Å². The number of nitrogens with one attached hydrogen (secondary N) is 2. The third-order valence-corrected chi connectivity index (χ3v) is 4.13. The Hall–Kier alpha value is -2.62. The number of aryl methyl sites for hydroxylation is 1. The fraction of sp³-hybridized carbons (Fsp3) is 0.300.